The molecule has 9 heteroatoms. The highest BCUT2D eigenvalue weighted by Gasteiger charge is 2.39. The number of anilines is 1. The Bertz CT molecular complexity index is 1490. The molecule has 208 valence electrons. The van der Waals surface area contributed by atoms with Crippen molar-refractivity contribution >= 4 is 22.6 Å². The minimum atomic E-state index is -0.932. The first-order chi connectivity index (χ1) is 18.4. The maximum Gasteiger partial charge on any atom is 0.364 e. The number of fused-ring (bicyclic) bond motifs is 1. The first-order valence-corrected chi connectivity index (χ1v) is 12.8. The van der Waals surface area contributed by atoms with E-state index in [0.29, 0.717) is 29.7 Å². The smallest absolute Gasteiger partial charge is 0.364 e. The second-order valence-electron chi connectivity index (χ2n) is 10.5. The second kappa shape index (κ2) is 11.2. The Morgan fingerprint density at radius 3 is 2.64 bits per heavy atom. The van der Waals surface area contributed by atoms with Gasteiger partial charge in [0.15, 0.2) is 11.4 Å². The van der Waals surface area contributed by atoms with Gasteiger partial charge in [-0.1, -0.05) is 11.6 Å². The number of carbonyl (C=O) groups is 1. The van der Waals surface area contributed by atoms with Gasteiger partial charge in [0.05, 0.1) is 17.1 Å². The highest BCUT2D eigenvalue weighted by atomic mass is 19.1. The van der Waals surface area contributed by atoms with Crippen molar-refractivity contribution in [2.24, 2.45) is 0 Å². The molecule has 2 N–H and O–H groups in total. The predicted octanol–water partition coefficient (Wildman–Crippen LogP) is 6.02. The van der Waals surface area contributed by atoms with Gasteiger partial charge in [0.2, 0.25) is 6.29 Å². The van der Waals surface area contributed by atoms with E-state index in [9.17, 15) is 19.1 Å². The lowest BCUT2D eigenvalue weighted by molar-refractivity contribution is -0.233. The third-order valence-corrected chi connectivity index (χ3v) is 6.94. The van der Waals surface area contributed by atoms with Crippen LogP contribution in [0.15, 0.2) is 51.2 Å². The molecule has 1 fully saturated rings. The van der Waals surface area contributed by atoms with Crippen molar-refractivity contribution in [2.75, 3.05) is 12.4 Å². The Kier molecular flexibility index (Phi) is 8.13. The van der Waals surface area contributed by atoms with Crippen LogP contribution >= 0.6 is 0 Å². The average molecular weight is 540 g/mol. The van der Waals surface area contributed by atoms with Crippen molar-refractivity contribution in [3.8, 4) is 11.5 Å². The third kappa shape index (κ3) is 5.99. The normalized spacial score (nSPS) is 18.5. The van der Waals surface area contributed by atoms with Crippen LogP contribution in [0.3, 0.4) is 0 Å². The van der Waals surface area contributed by atoms with Gasteiger partial charge < -0.3 is 29.1 Å². The molecule has 0 bridgehead atoms. The second-order valence-corrected chi connectivity index (χ2v) is 10.5. The first kappa shape index (κ1) is 28.3. The number of rotatable bonds is 7. The molecule has 39 heavy (non-hydrogen) atoms. The van der Waals surface area contributed by atoms with Crippen LogP contribution in [0.2, 0.25) is 0 Å². The topological polar surface area (TPSA) is 107 Å². The monoisotopic (exact) mass is 539 g/mol. The van der Waals surface area contributed by atoms with Gasteiger partial charge in [0.25, 0.3) is 5.91 Å². The fourth-order valence-corrected chi connectivity index (χ4v) is 4.71. The number of nitrogens with one attached hydrogen (secondary N) is 1. The SMILES string of the molecule is CO[C@@H]1CC[C@H](Oc2ccc3c(O)c(NC(=O)c4ccc(F)c(CC=C(C)C)c4)c(=O)oc3c2C)OC1(C)C. The summed E-state index contributed by atoms with van der Waals surface area (Å²) in [4.78, 5) is 25.8. The molecular weight excluding hydrogens is 505 g/mol. The van der Waals surface area contributed by atoms with Crippen molar-refractivity contribution in [3.63, 3.8) is 0 Å². The zero-order chi connectivity index (χ0) is 28.5. The maximum atomic E-state index is 14.2. The maximum absolute atomic E-state index is 14.2. The molecule has 1 aliphatic heterocycles. The van der Waals surface area contributed by atoms with E-state index in [1.807, 2.05) is 33.8 Å². The zero-order valence-corrected chi connectivity index (χ0v) is 23.0. The van der Waals surface area contributed by atoms with E-state index < -0.39 is 40.7 Å². The van der Waals surface area contributed by atoms with Gasteiger partial charge in [-0.15, -0.1) is 0 Å². The zero-order valence-electron chi connectivity index (χ0n) is 23.0. The molecule has 3 aromatic rings. The summed E-state index contributed by atoms with van der Waals surface area (Å²) >= 11 is 0. The summed E-state index contributed by atoms with van der Waals surface area (Å²) in [6, 6.07) is 7.13. The Labute approximate surface area is 226 Å². The molecular formula is C30H34FNO7. The molecule has 2 atom stereocenters. The number of amides is 1. The number of allylic oxidation sites excluding steroid dienone is 2. The number of hydrogen-bond donors (Lipinski definition) is 2. The third-order valence-electron chi connectivity index (χ3n) is 6.94. The number of carbonyl (C=O) groups excluding carboxylic acids is 1. The van der Waals surface area contributed by atoms with Crippen molar-refractivity contribution in [1.29, 1.82) is 0 Å². The molecule has 2 aromatic carbocycles. The van der Waals surface area contributed by atoms with E-state index in [4.69, 9.17) is 18.6 Å². The molecule has 0 saturated carbocycles. The quantitative estimate of drug-likeness (QED) is 0.279. The lowest BCUT2D eigenvalue weighted by atomic mass is 9.94. The number of benzene rings is 2. The molecule has 1 aliphatic rings. The van der Waals surface area contributed by atoms with Gasteiger partial charge in [0, 0.05) is 24.7 Å². The van der Waals surface area contributed by atoms with Crippen LogP contribution in [-0.2, 0) is 15.9 Å². The molecule has 1 amide bonds. The molecule has 2 heterocycles. The largest absolute Gasteiger partial charge is 0.505 e. The molecule has 8 nitrogen and oxygen atoms in total. The Balaban J connectivity index is 1.59. The van der Waals surface area contributed by atoms with Crippen molar-refractivity contribution < 1.29 is 32.9 Å². The molecule has 1 aromatic heterocycles. The summed E-state index contributed by atoms with van der Waals surface area (Å²) in [5, 5.41) is 13.6. The fraction of sp³-hybridized carbons (Fsp3) is 0.400. The lowest BCUT2D eigenvalue weighted by Gasteiger charge is -2.41. The molecule has 1 saturated heterocycles. The van der Waals surface area contributed by atoms with Gasteiger partial charge in [-0.25, -0.2) is 9.18 Å². The van der Waals surface area contributed by atoms with Gasteiger partial charge in [-0.05, 0) is 83.4 Å². The van der Waals surface area contributed by atoms with Crippen LogP contribution in [0.25, 0.3) is 11.0 Å². The minimum absolute atomic E-state index is 0.0578. The Hall–Kier alpha value is -3.69. The Morgan fingerprint density at radius 2 is 1.97 bits per heavy atom. The molecule has 0 radical (unpaired) electrons. The van der Waals surface area contributed by atoms with E-state index in [2.05, 4.69) is 5.32 Å². The van der Waals surface area contributed by atoms with Crippen molar-refractivity contribution in [3.05, 3.63) is 74.9 Å². The number of aromatic hydroxyl groups is 1. The number of methoxy groups -OCH3 is 1. The summed E-state index contributed by atoms with van der Waals surface area (Å²) in [7, 11) is 1.65. The Morgan fingerprint density at radius 1 is 1.23 bits per heavy atom. The van der Waals surface area contributed by atoms with Crippen LogP contribution in [0, 0.1) is 12.7 Å². The van der Waals surface area contributed by atoms with Crippen LogP contribution in [0.4, 0.5) is 10.1 Å². The highest BCUT2D eigenvalue weighted by molar-refractivity contribution is 6.06. The van der Waals surface area contributed by atoms with E-state index in [0.717, 1.165) is 12.0 Å². The summed E-state index contributed by atoms with van der Waals surface area (Å²) in [5.41, 5.74) is 0.235. The van der Waals surface area contributed by atoms with Crippen LogP contribution in [0.1, 0.15) is 62.0 Å². The summed E-state index contributed by atoms with van der Waals surface area (Å²) in [6.45, 7) is 9.37. The molecule has 4 rings (SSSR count). The standard InChI is InChI=1S/C30H34FNO7/c1-16(2)7-8-18-15-19(9-11-21(18)31)28(34)32-25-26(33)20-10-12-22(17(3)27(20)38-29(25)35)37-24-14-13-23(36-6)30(4,5)39-24/h7,9-12,15,23-24,33H,8,13-14H2,1-6H3,(H,32,34)/t23-,24-/m1/s1. The molecule has 0 spiro atoms. The average Bonchev–Trinajstić information content (AvgIpc) is 2.87. The highest BCUT2D eigenvalue weighted by Crippen LogP contribution is 2.37. The van der Waals surface area contributed by atoms with Gasteiger partial charge >= 0.3 is 5.63 Å². The number of aryl methyl sites for hydroxylation is 1. The van der Waals surface area contributed by atoms with Crippen molar-refractivity contribution in [1.82, 2.24) is 0 Å². The van der Waals surface area contributed by atoms with E-state index >= 15 is 0 Å². The van der Waals surface area contributed by atoms with E-state index in [-0.39, 0.29) is 22.6 Å². The van der Waals surface area contributed by atoms with Crippen LogP contribution in [-0.4, -0.2) is 36.1 Å². The van der Waals surface area contributed by atoms with Gasteiger partial charge in [0.1, 0.15) is 17.1 Å². The number of hydrogen-bond acceptors (Lipinski definition) is 7. The fourth-order valence-electron chi connectivity index (χ4n) is 4.71. The minimum Gasteiger partial charge on any atom is -0.505 e. The van der Waals surface area contributed by atoms with E-state index in [1.165, 1.54) is 18.2 Å². The number of halogens is 1. The number of ether oxygens (including phenoxy) is 3. The molecule has 0 unspecified atom stereocenters. The van der Waals surface area contributed by atoms with Gasteiger partial charge in [-0.2, -0.15) is 0 Å². The molecule has 0 aliphatic carbocycles. The summed E-state index contributed by atoms with van der Waals surface area (Å²) in [6.07, 6.45) is 2.94. The van der Waals surface area contributed by atoms with Crippen LogP contribution < -0.4 is 15.7 Å². The lowest BCUT2D eigenvalue weighted by Crippen LogP contribution is -2.49. The van der Waals surface area contributed by atoms with Crippen LogP contribution in [0.5, 0.6) is 11.5 Å². The van der Waals surface area contributed by atoms with E-state index in [1.54, 1.807) is 26.2 Å². The van der Waals surface area contributed by atoms with Crippen molar-refractivity contribution in [2.45, 2.75) is 71.9 Å². The first-order valence-electron chi connectivity index (χ1n) is 12.8. The van der Waals surface area contributed by atoms with Gasteiger partial charge in [-0.3, -0.25) is 4.79 Å². The predicted molar refractivity (Wildman–Crippen MR) is 146 cm³/mol. The summed E-state index contributed by atoms with van der Waals surface area (Å²) in [5.74, 6) is -1.12. The summed E-state index contributed by atoms with van der Waals surface area (Å²) < 4.78 is 37.4.